The van der Waals surface area contributed by atoms with Crippen LogP contribution in [-0.2, 0) is 14.8 Å². The van der Waals surface area contributed by atoms with Gasteiger partial charge in [-0.05, 0) is 31.2 Å². The molecule has 7 nitrogen and oxygen atoms in total. The van der Waals surface area contributed by atoms with E-state index in [4.69, 9.17) is 5.84 Å². The van der Waals surface area contributed by atoms with Gasteiger partial charge >= 0.3 is 0 Å². The second-order valence-electron chi connectivity index (χ2n) is 4.25. The number of hydrazine groups is 1. The summed E-state index contributed by atoms with van der Waals surface area (Å²) in [6.07, 6.45) is 0. The second-order valence-corrected chi connectivity index (χ2v) is 6.14. The van der Waals surface area contributed by atoms with Gasteiger partial charge in [0, 0.05) is 18.8 Å². The van der Waals surface area contributed by atoms with Crippen molar-refractivity contribution in [2.75, 3.05) is 18.5 Å². The van der Waals surface area contributed by atoms with Crippen LogP contribution in [-0.4, -0.2) is 37.8 Å². The Bertz CT molecular complexity index is 570. The summed E-state index contributed by atoms with van der Waals surface area (Å²) >= 11 is 0. The van der Waals surface area contributed by atoms with Gasteiger partial charge in [-0.1, -0.05) is 0 Å². The molecular weight excluding hydrogens is 268 g/mol. The Kier molecular flexibility index (Phi) is 3.74. The van der Waals surface area contributed by atoms with Crippen LogP contribution in [0.25, 0.3) is 0 Å². The SMILES string of the molecule is CC1C(=O)NCCN1S(=O)(=O)c1ccc(NN)cc1. The molecule has 1 saturated heterocycles. The van der Waals surface area contributed by atoms with E-state index in [1.54, 1.807) is 19.1 Å². The van der Waals surface area contributed by atoms with E-state index >= 15 is 0 Å². The molecule has 0 aromatic heterocycles. The number of carbonyl (C=O) groups excluding carboxylic acids is 1. The van der Waals surface area contributed by atoms with E-state index in [9.17, 15) is 13.2 Å². The van der Waals surface area contributed by atoms with Crippen molar-refractivity contribution in [3.05, 3.63) is 24.3 Å². The fourth-order valence-electron chi connectivity index (χ4n) is 1.95. The Morgan fingerprint density at radius 2 is 2.00 bits per heavy atom. The molecule has 1 amide bonds. The summed E-state index contributed by atoms with van der Waals surface area (Å²) in [5.74, 6) is 4.95. The molecule has 1 fully saturated rings. The highest BCUT2D eigenvalue weighted by Gasteiger charge is 2.35. The topological polar surface area (TPSA) is 105 Å². The fourth-order valence-corrected chi connectivity index (χ4v) is 3.54. The molecule has 4 N–H and O–H groups in total. The number of nitrogens with one attached hydrogen (secondary N) is 2. The molecule has 2 rings (SSSR count). The normalized spacial score (nSPS) is 20.9. The Morgan fingerprint density at radius 1 is 1.37 bits per heavy atom. The van der Waals surface area contributed by atoms with Crippen LogP contribution in [0.3, 0.4) is 0 Å². The molecule has 104 valence electrons. The number of hydrogen-bond acceptors (Lipinski definition) is 5. The lowest BCUT2D eigenvalue weighted by atomic mass is 10.2. The van der Waals surface area contributed by atoms with Gasteiger partial charge in [0.05, 0.1) is 4.90 Å². The van der Waals surface area contributed by atoms with E-state index in [1.165, 1.54) is 16.4 Å². The highest BCUT2D eigenvalue weighted by atomic mass is 32.2. The zero-order valence-corrected chi connectivity index (χ0v) is 11.3. The molecule has 1 aliphatic heterocycles. The van der Waals surface area contributed by atoms with Gasteiger partial charge in [-0.15, -0.1) is 0 Å². The first-order valence-electron chi connectivity index (χ1n) is 5.83. The molecular formula is C11H16N4O3S. The van der Waals surface area contributed by atoms with Crippen LogP contribution < -0.4 is 16.6 Å². The fraction of sp³-hybridized carbons (Fsp3) is 0.364. The van der Waals surface area contributed by atoms with E-state index in [0.717, 1.165) is 0 Å². The summed E-state index contributed by atoms with van der Waals surface area (Å²) in [4.78, 5) is 11.7. The predicted molar refractivity (Wildman–Crippen MR) is 70.6 cm³/mol. The molecule has 1 unspecified atom stereocenters. The van der Waals surface area contributed by atoms with E-state index in [2.05, 4.69) is 10.7 Å². The highest BCUT2D eigenvalue weighted by Crippen LogP contribution is 2.21. The van der Waals surface area contributed by atoms with E-state index < -0.39 is 16.1 Å². The molecule has 0 aliphatic carbocycles. The largest absolute Gasteiger partial charge is 0.353 e. The summed E-state index contributed by atoms with van der Waals surface area (Å²) < 4.78 is 26.1. The van der Waals surface area contributed by atoms with Crippen molar-refractivity contribution in [3.8, 4) is 0 Å². The lowest BCUT2D eigenvalue weighted by Gasteiger charge is -2.31. The highest BCUT2D eigenvalue weighted by molar-refractivity contribution is 7.89. The number of piperazine rings is 1. The van der Waals surface area contributed by atoms with Crippen LogP contribution >= 0.6 is 0 Å². The third-order valence-electron chi connectivity index (χ3n) is 3.07. The molecule has 1 aromatic rings. The number of nitrogens with two attached hydrogens (primary N) is 1. The van der Waals surface area contributed by atoms with Gasteiger partial charge in [0.1, 0.15) is 6.04 Å². The number of nitrogens with zero attached hydrogens (tertiary/aromatic N) is 1. The predicted octanol–water partition coefficient (Wildman–Crippen LogP) is -0.519. The molecule has 19 heavy (non-hydrogen) atoms. The second kappa shape index (κ2) is 5.16. The summed E-state index contributed by atoms with van der Waals surface area (Å²) in [6.45, 7) is 2.17. The van der Waals surface area contributed by atoms with Gasteiger partial charge in [0.15, 0.2) is 0 Å². The van der Waals surface area contributed by atoms with Crippen molar-refractivity contribution in [2.45, 2.75) is 17.9 Å². The third kappa shape index (κ3) is 2.55. The molecule has 0 spiro atoms. The minimum atomic E-state index is -3.67. The minimum absolute atomic E-state index is 0.146. The summed E-state index contributed by atoms with van der Waals surface area (Å²) in [5, 5.41) is 2.63. The Hall–Kier alpha value is -1.64. The molecule has 8 heteroatoms. The van der Waals surface area contributed by atoms with Gasteiger partial charge in [-0.25, -0.2) is 8.42 Å². The van der Waals surface area contributed by atoms with Crippen LogP contribution in [0.2, 0.25) is 0 Å². The quantitative estimate of drug-likeness (QED) is 0.512. The number of benzene rings is 1. The van der Waals surface area contributed by atoms with Crippen molar-refractivity contribution >= 4 is 21.6 Å². The van der Waals surface area contributed by atoms with Crippen LogP contribution in [0.5, 0.6) is 0 Å². The van der Waals surface area contributed by atoms with Gasteiger partial charge in [-0.2, -0.15) is 4.31 Å². The lowest BCUT2D eigenvalue weighted by Crippen LogP contribution is -2.55. The maximum atomic E-state index is 12.4. The van der Waals surface area contributed by atoms with Crippen LogP contribution in [0.1, 0.15) is 6.92 Å². The summed E-state index contributed by atoms with van der Waals surface area (Å²) in [5.41, 5.74) is 3.04. The smallest absolute Gasteiger partial charge is 0.243 e. The van der Waals surface area contributed by atoms with Crippen LogP contribution in [0.15, 0.2) is 29.2 Å². The number of rotatable bonds is 3. The Labute approximate surface area is 111 Å². The number of hydrogen-bond donors (Lipinski definition) is 3. The van der Waals surface area contributed by atoms with Gasteiger partial charge in [0.25, 0.3) is 0 Å². The van der Waals surface area contributed by atoms with Gasteiger partial charge < -0.3 is 10.7 Å². The standard InChI is InChI=1S/C11H16N4O3S/c1-8-11(16)13-6-7-15(8)19(17,18)10-4-2-9(14-12)3-5-10/h2-5,8,14H,6-7,12H2,1H3,(H,13,16). The Morgan fingerprint density at radius 3 is 2.58 bits per heavy atom. The molecule has 1 heterocycles. The van der Waals surface area contributed by atoms with Crippen molar-refractivity contribution in [2.24, 2.45) is 5.84 Å². The minimum Gasteiger partial charge on any atom is -0.353 e. The number of carbonyl (C=O) groups is 1. The summed E-state index contributed by atoms with van der Waals surface area (Å²) in [7, 11) is -3.67. The Balaban J connectivity index is 2.32. The number of nitrogen functional groups attached to an aromatic ring is 1. The van der Waals surface area contributed by atoms with Gasteiger partial charge in [0.2, 0.25) is 15.9 Å². The molecule has 1 aromatic carbocycles. The van der Waals surface area contributed by atoms with Crippen molar-refractivity contribution in [1.29, 1.82) is 0 Å². The van der Waals surface area contributed by atoms with Crippen molar-refractivity contribution in [1.82, 2.24) is 9.62 Å². The lowest BCUT2D eigenvalue weighted by molar-refractivity contribution is -0.126. The third-order valence-corrected chi connectivity index (χ3v) is 5.05. The average Bonchev–Trinajstić information content (AvgIpc) is 2.41. The van der Waals surface area contributed by atoms with Gasteiger partial charge in [-0.3, -0.25) is 10.6 Å². The monoisotopic (exact) mass is 284 g/mol. The first-order valence-corrected chi connectivity index (χ1v) is 7.27. The van der Waals surface area contributed by atoms with Crippen LogP contribution in [0, 0.1) is 0 Å². The number of amides is 1. The van der Waals surface area contributed by atoms with Crippen molar-refractivity contribution < 1.29 is 13.2 Å². The number of anilines is 1. The molecule has 1 aliphatic rings. The molecule has 0 saturated carbocycles. The first kappa shape index (κ1) is 13.8. The first-order chi connectivity index (χ1) is 8.96. The maximum absolute atomic E-state index is 12.4. The zero-order valence-electron chi connectivity index (χ0n) is 10.5. The average molecular weight is 284 g/mol. The maximum Gasteiger partial charge on any atom is 0.243 e. The van der Waals surface area contributed by atoms with Crippen molar-refractivity contribution in [3.63, 3.8) is 0 Å². The summed E-state index contributed by atoms with van der Waals surface area (Å²) in [6, 6.07) is 5.36. The molecule has 1 atom stereocenters. The van der Waals surface area contributed by atoms with Crippen LogP contribution in [0.4, 0.5) is 5.69 Å². The van der Waals surface area contributed by atoms with E-state index in [0.29, 0.717) is 12.2 Å². The number of sulfonamides is 1. The van der Waals surface area contributed by atoms with E-state index in [-0.39, 0.29) is 17.3 Å². The zero-order chi connectivity index (χ0) is 14.0. The molecule has 0 bridgehead atoms. The van der Waals surface area contributed by atoms with E-state index in [1.807, 2.05) is 0 Å². The molecule has 0 radical (unpaired) electrons.